The molecule has 2 aromatic rings. The molecule has 0 aromatic heterocycles. The Labute approximate surface area is 133 Å². The van der Waals surface area contributed by atoms with E-state index in [1.54, 1.807) is 12.1 Å². The number of benzene rings is 2. The number of carbonyl (C=O) groups is 1. The Hall–Kier alpha value is -2.20. The first-order valence-corrected chi connectivity index (χ1v) is 7.41. The Balaban J connectivity index is 1.85. The van der Waals surface area contributed by atoms with Gasteiger partial charge in [0, 0.05) is 5.02 Å². The van der Waals surface area contributed by atoms with E-state index >= 15 is 0 Å². The SMILES string of the molecule is COc1cccc([O-])c1C(=O)NC1CCc2cc(Cl)ccc21. The fourth-order valence-corrected chi connectivity index (χ4v) is 3.07. The number of hydrogen-bond donors (Lipinski definition) is 1. The van der Waals surface area contributed by atoms with Gasteiger partial charge in [-0.1, -0.05) is 35.5 Å². The van der Waals surface area contributed by atoms with Gasteiger partial charge in [0.2, 0.25) is 0 Å². The largest absolute Gasteiger partial charge is 0.872 e. The summed E-state index contributed by atoms with van der Waals surface area (Å²) in [5.74, 6) is -0.458. The maximum absolute atomic E-state index is 12.5. The van der Waals surface area contributed by atoms with Crippen LogP contribution in [-0.4, -0.2) is 13.0 Å². The summed E-state index contributed by atoms with van der Waals surface area (Å²) < 4.78 is 5.12. The van der Waals surface area contributed by atoms with Crippen LogP contribution in [0.15, 0.2) is 36.4 Å². The maximum Gasteiger partial charge on any atom is 0.254 e. The van der Waals surface area contributed by atoms with Crippen LogP contribution in [0.25, 0.3) is 0 Å². The minimum Gasteiger partial charge on any atom is -0.872 e. The number of hydrogen-bond acceptors (Lipinski definition) is 3. The van der Waals surface area contributed by atoms with Crippen molar-refractivity contribution in [3.05, 3.63) is 58.1 Å². The molecule has 22 heavy (non-hydrogen) atoms. The van der Waals surface area contributed by atoms with Crippen LogP contribution in [0.2, 0.25) is 5.02 Å². The summed E-state index contributed by atoms with van der Waals surface area (Å²) in [5, 5.41) is 15.6. The van der Waals surface area contributed by atoms with E-state index < -0.39 is 5.91 Å². The second-order valence-corrected chi connectivity index (χ2v) is 5.68. The van der Waals surface area contributed by atoms with Crippen molar-refractivity contribution in [2.75, 3.05) is 7.11 Å². The number of ether oxygens (including phenoxy) is 1. The van der Waals surface area contributed by atoms with Crippen LogP contribution >= 0.6 is 11.6 Å². The Morgan fingerprint density at radius 3 is 2.95 bits per heavy atom. The zero-order valence-corrected chi connectivity index (χ0v) is 12.8. The van der Waals surface area contributed by atoms with Gasteiger partial charge < -0.3 is 15.2 Å². The molecule has 0 spiro atoms. The quantitative estimate of drug-likeness (QED) is 0.947. The van der Waals surface area contributed by atoms with Gasteiger partial charge in [-0.25, -0.2) is 0 Å². The number of halogens is 1. The molecule has 114 valence electrons. The molecule has 0 heterocycles. The molecule has 0 fully saturated rings. The summed E-state index contributed by atoms with van der Waals surface area (Å²) in [5.41, 5.74) is 2.24. The molecule has 1 atom stereocenters. The third kappa shape index (κ3) is 2.62. The molecule has 4 nitrogen and oxygen atoms in total. The van der Waals surface area contributed by atoms with Crippen LogP contribution in [0.5, 0.6) is 11.5 Å². The summed E-state index contributed by atoms with van der Waals surface area (Å²) >= 11 is 5.99. The molecule has 1 amide bonds. The summed E-state index contributed by atoms with van der Waals surface area (Å²) in [4.78, 5) is 12.5. The predicted octanol–water partition coefficient (Wildman–Crippen LogP) is 2.84. The maximum atomic E-state index is 12.5. The summed E-state index contributed by atoms with van der Waals surface area (Å²) in [6.45, 7) is 0. The molecular weight excluding hydrogens is 302 g/mol. The Bertz CT molecular complexity index is 730. The normalized spacial score (nSPS) is 16.2. The zero-order valence-electron chi connectivity index (χ0n) is 12.1. The van der Waals surface area contributed by atoms with Gasteiger partial charge in [-0.3, -0.25) is 4.79 Å². The Morgan fingerprint density at radius 1 is 1.36 bits per heavy atom. The first-order valence-electron chi connectivity index (χ1n) is 7.03. The highest BCUT2D eigenvalue weighted by molar-refractivity contribution is 6.30. The highest BCUT2D eigenvalue weighted by Gasteiger charge is 2.25. The third-order valence-corrected chi connectivity index (χ3v) is 4.16. The van der Waals surface area contributed by atoms with Crippen molar-refractivity contribution in [2.24, 2.45) is 0 Å². The van der Waals surface area contributed by atoms with E-state index in [9.17, 15) is 9.90 Å². The smallest absolute Gasteiger partial charge is 0.254 e. The topological polar surface area (TPSA) is 61.4 Å². The van der Waals surface area contributed by atoms with Gasteiger partial charge in [0.25, 0.3) is 5.91 Å². The molecule has 0 saturated heterocycles. The number of methoxy groups -OCH3 is 1. The van der Waals surface area contributed by atoms with E-state index in [0.717, 1.165) is 24.0 Å². The van der Waals surface area contributed by atoms with E-state index in [0.29, 0.717) is 10.8 Å². The summed E-state index contributed by atoms with van der Waals surface area (Å²) in [6.07, 6.45) is 1.65. The van der Waals surface area contributed by atoms with Crippen LogP contribution in [0.4, 0.5) is 0 Å². The summed E-state index contributed by atoms with van der Waals surface area (Å²) in [7, 11) is 1.44. The lowest BCUT2D eigenvalue weighted by Crippen LogP contribution is -2.28. The summed E-state index contributed by atoms with van der Waals surface area (Å²) in [6, 6.07) is 10.1. The van der Waals surface area contributed by atoms with Gasteiger partial charge in [0.15, 0.2) is 0 Å². The van der Waals surface area contributed by atoms with Gasteiger partial charge in [0.1, 0.15) is 5.75 Å². The second kappa shape index (κ2) is 5.89. The number of amides is 1. The van der Waals surface area contributed by atoms with Crippen molar-refractivity contribution >= 4 is 17.5 Å². The molecule has 0 aliphatic heterocycles. The van der Waals surface area contributed by atoms with Crippen LogP contribution in [-0.2, 0) is 6.42 Å². The first-order chi connectivity index (χ1) is 10.6. The monoisotopic (exact) mass is 316 g/mol. The predicted molar refractivity (Wildman–Crippen MR) is 82.4 cm³/mol. The molecular formula is C17H15ClNO3-. The molecule has 1 N–H and O–H groups in total. The molecule has 0 bridgehead atoms. The molecule has 1 aliphatic carbocycles. The molecule has 0 saturated carbocycles. The van der Waals surface area contributed by atoms with Crippen LogP contribution in [0, 0.1) is 0 Å². The van der Waals surface area contributed by atoms with Crippen LogP contribution in [0.3, 0.4) is 0 Å². The Kier molecular flexibility index (Phi) is 3.94. The fourth-order valence-electron chi connectivity index (χ4n) is 2.87. The first kappa shape index (κ1) is 14.7. The number of aryl methyl sites for hydroxylation is 1. The lowest BCUT2D eigenvalue weighted by molar-refractivity contribution is -0.268. The van der Waals surface area contributed by atoms with Crippen molar-refractivity contribution < 1.29 is 14.6 Å². The molecule has 1 unspecified atom stereocenters. The van der Waals surface area contributed by atoms with Gasteiger partial charge >= 0.3 is 0 Å². The Morgan fingerprint density at radius 2 is 2.18 bits per heavy atom. The lowest BCUT2D eigenvalue weighted by atomic mass is 10.1. The minimum atomic E-state index is -0.407. The van der Waals surface area contributed by atoms with Crippen molar-refractivity contribution in [3.8, 4) is 11.5 Å². The van der Waals surface area contributed by atoms with Crippen LogP contribution in [0.1, 0.15) is 33.9 Å². The highest BCUT2D eigenvalue weighted by Crippen LogP contribution is 2.34. The van der Waals surface area contributed by atoms with E-state index in [-0.39, 0.29) is 17.4 Å². The lowest BCUT2D eigenvalue weighted by Gasteiger charge is -2.19. The van der Waals surface area contributed by atoms with E-state index in [1.807, 2.05) is 18.2 Å². The average Bonchev–Trinajstić information content (AvgIpc) is 2.88. The standard InChI is InChI=1S/C17H16ClNO3/c1-22-15-4-2-3-14(20)16(15)17(21)19-13-8-5-10-9-11(18)6-7-12(10)13/h2-4,6-7,9,13,20H,5,8H2,1H3,(H,19,21)/p-1. The number of nitrogens with one attached hydrogen (secondary N) is 1. The highest BCUT2D eigenvalue weighted by atomic mass is 35.5. The fraction of sp³-hybridized carbons (Fsp3) is 0.235. The van der Waals surface area contributed by atoms with Gasteiger partial charge in [0.05, 0.1) is 18.7 Å². The van der Waals surface area contributed by atoms with Crippen molar-refractivity contribution in [1.29, 1.82) is 0 Å². The van der Waals surface area contributed by atoms with Crippen molar-refractivity contribution in [1.82, 2.24) is 5.32 Å². The van der Waals surface area contributed by atoms with Crippen molar-refractivity contribution in [3.63, 3.8) is 0 Å². The van der Waals surface area contributed by atoms with E-state index in [2.05, 4.69) is 5.32 Å². The molecule has 1 aliphatic rings. The second-order valence-electron chi connectivity index (χ2n) is 5.24. The number of fused-ring (bicyclic) bond motifs is 1. The minimum absolute atomic E-state index is 0.0485. The van der Waals surface area contributed by atoms with E-state index in [1.165, 1.54) is 13.2 Å². The average molecular weight is 317 g/mol. The van der Waals surface area contributed by atoms with Crippen LogP contribution < -0.4 is 15.2 Å². The van der Waals surface area contributed by atoms with Gasteiger partial charge in [-0.2, -0.15) is 0 Å². The molecule has 5 heteroatoms. The zero-order chi connectivity index (χ0) is 15.7. The molecule has 0 radical (unpaired) electrons. The van der Waals surface area contributed by atoms with Gasteiger partial charge in [-0.15, -0.1) is 0 Å². The molecule has 3 rings (SSSR count). The van der Waals surface area contributed by atoms with Crippen molar-refractivity contribution in [2.45, 2.75) is 18.9 Å². The van der Waals surface area contributed by atoms with Gasteiger partial charge in [-0.05, 0) is 42.2 Å². The molecule has 2 aromatic carbocycles. The number of carbonyl (C=O) groups excluding carboxylic acids is 1. The number of rotatable bonds is 3. The van der Waals surface area contributed by atoms with E-state index in [4.69, 9.17) is 16.3 Å². The third-order valence-electron chi connectivity index (χ3n) is 3.92.